The molecule has 0 unspecified atom stereocenters. The zero-order valence-corrected chi connectivity index (χ0v) is 19.0. The first-order valence-electron chi connectivity index (χ1n) is 11.5. The molecule has 5 rings (SSSR count). The van der Waals surface area contributed by atoms with Crippen LogP contribution in [-0.2, 0) is 38.4 Å². The molecule has 5 fully saturated rings. The molecule has 1 amide bonds. The minimum Gasteiger partial charge on any atom is -0.480 e. The highest BCUT2D eigenvalue weighted by atomic mass is 17.3. The Labute approximate surface area is 187 Å². The molecule has 0 aromatic rings. The standard InChI is InChI=1S/C22H33NO9/c1-11-5-6-15-12(2)19(28-17(25)8-7-16(24)23-13(3)18(26)27)29-20-22(15)14(11)9-10-21(4,30-20)31-32-22/h11-15,19-20H,5-10H2,1-4H3,(H,23,24)(H,26,27)/t11-,12-,13+,14+,15+,19-,20-,21-,22-/m1/s1. The average Bonchev–Trinajstić information content (AvgIpc) is 2.96. The molecule has 4 saturated heterocycles. The van der Waals surface area contributed by atoms with Gasteiger partial charge in [0.25, 0.3) is 0 Å². The van der Waals surface area contributed by atoms with E-state index in [-0.39, 0.29) is 30.6 Å². The Morgan fingerprint density at radius 3 is 2.59 bits per heavy atom. The van der Waals surface area contributed by atoms with Crippen LogP contribution < -0.4 is 5.32 Å². The summed E-state index contributed by atoms with van der Waals surface area (Å²) in [4.78, 5) is 47.0. The maximum absolute atomic E-state index is 12.5. The Balaban J connectivity index is 1.42. The second-order valence-electron chi connectivity index (χ2n) is 9.89. The molecule has 0 aromatic heterocycles. The number of hydrogen-bond donors (Lipinski definition) is 2. The topological polar surface area (TPSA) is 130 Å². The summed E-state index contributed by atoms with van der Waals surface area (Å²) in [5, 5.41) is 11.2. The second-order valence-corrected chi connectivity index (χ2v) is 9.89. The van der Waals surface area contributed by atoms with Crippen molar-refractivity contribution in [2.75, 3.05) is 0 Å². The number of ether oxygens (including phenoxy) is 3. The number of amides is 1. The van der Waals surface area contributed by atoms with Crippen LogP contribution in [0, 0.1) is 23.7 Å². The fourth-order valence-corrected chi connectivity index (χ4v) is 5.79. The summed E-state index contributed by atoms with van der Waals surface area (Å²) in [5.41, 5.74) is -0.733. The molecule has 1 saturated carbocycles. The van der Waals surface area contributed by atoms with Gasteiger partial charge in [-0.15, -0.1) is 0 Å². The predicted molar refractivity (Wildman–Crippen MR) is 107 cm³/mol. The smallest absolute Gasteiger partial charge is 0.325 e. The summed E-state index contributed by atoms with van der Waals surface area (Å²) in [5.74, 6) is -2.64. The van der Waals surface area contributed by atoms with Gasteiger partial charge in [-0.1, -0.05) is 13.8 Å². The SMILES string of the molecule is C[C@H]1[C@H](OC(=O)CCC(=O)N[C@@H](C)C(=O)O)O[C@@H]2O[C@@]3(C)CC[C@H]4[C@H](C)CC[C@@H]1[C@@]24OO3. The van der Waals surface area contributed by atoms with E-state index in [9.17, 15) is 14.4 Å². The summed E-state index contributed by atoms with van der Waals surface area (Å²) in [6.45, 7) is 7.39. The fourth-order valence-electron chi connectivity index (χ4n) is 5.79. The van der Waals surface area contributed by atoms with Gasteiger partial charge in [0.1, 0.15) is 6.04 Å². The molecule has 10 nitrogen and oxygen atoms in total. The van der Waals surface area contributed by atoms with Crippen LogP contribution in [-0.4, -0.2) is 53.0 Å². The third-order valence-electron chi connectivity index (χ3n) is 7.65. The van der Waals surface area contributed by atoms with Crippen molar-refractivity contribution in [2.45, 2.75) is 96.2 Å². The van der Waals surface area contributed by atoms with Gasteiger partial charge in [0.05, 0.1) is 6.42 Å². The van der Waals surface area contributed by atoms with Gasteiger partial charge in [-0.05, 0) is 44.9 Å². The third kappa shape index (κ3) is 4.02. The summed E-state index contributed by atoms with van der Waals surface area (Å²) in [6.07, 6.45) is 1.64. The van der Waals surface area contributed by atoms with Crippen molar-refractivity contribution in [3.8, 4) is 0 Å². The molecule has 0 aromatic carbocycles. The van der Waals surface area contributed by atoms with Crippen LogP contribution in [0.2, 0.25) is 0 Å². The molecule has 1 aliphatic carbocycles. The van der Waals surface area contributed by atoms with Gasteiger partial charge < -0.3 is 24.6 Å². The minimum absolute atomic E-state index is 0.0302. The van der Waals surface area contributed by atoms with Gasteiger partial charge in [0, 0.05) is 24.7 Å². The molecule has 9 atom stereocenters. The first-order valence-corrected chi connectivity index (χ1v) is 11.5. The number of fused-ring (bicyclic) bond motifs is 2. The van der Waals surface area contributed by atoms with E-state index >= 15 is 0 Å². The zero-order valence-electron chi connectivity index (χ0n) is 19.0. The number of esters is 1. The quantitative estimate of drug-likeness (QED) is 0.457. The fraction of sp³-hybridized carbons (Fsp3) is 0.864. The number of carboxylic acid groups (broad SMARTS) is 1. The highest BCUT2D eigenvalue weighted by Gasteiger charge is 2.69. The monoisotopic (exact) mass is 455 g/mol. The van der Waals surface area contributed by atoms with Crippen molar-refractivity contribution < 1.29 is 43.5 Å². The molecule has 2 N–H and O–H groups in total. The summed E-state index contributed by atoms with van der Waals surface area (Å²) in [7, 11) is 0. The molecular formula is C22H33NO9. The molecule has 0 radical (unpaired) electrons. The lowest BCUT2D eigenvalue weighted by Crippen LogP contribution is -2.70. The van der Waals surface area contributed by atoms with Crippen LogP contribution in [0.3, 0.4) is 0 Å². The number of carboxylic acids is 1. The Morgan fingerprint density at radius 2 is 1.88 bits per heavy atom. The number of aliphatic carboxylic acids is 1. The van der Waals surface area contributed by atoms with E-state index in [1.54, 1.807) is 0 Å². The van der Waals surface area contributed by atoms with Crippen LogP contribution in [0.15, 0.2) is 0 Å². The Morgan fingerprint density at radius 1 is 1.12 bits per heavy atom. The molecule has 10 heteroatoms. The molecule has 180 valence electrons. The number of hydrogen-bond acceptors (Lipinski definition) is 8. The van der Waals surface area contributed by atoms with E-state index in [4.69, 9.17) is 29.1 Å². The van der Waals surface area contributed by atoms with Crippen molar-refractivity contribution in [3.63, 3.8) is 0 Å². The minimum atomic E-state index is -1.14. The first kappa shape index (κ1) is 23.4. The molecule has 1 spiro atoms. The van der Waals surface area contributed by atoms with E-state index in [1.807, 2.05) is 13.8 Å². The lowest BCUT2D eigenvalue weighted by Gasteiger charge is -2.59. The summed E-state index contributed by atoms with van der Waals surface area (Å²) < 4.78 is 18.0. The predicted octanol–water partition coefficient (Wildman–Crippen LogP) is 2.11. The lowest BCUT2D eigenvalue weighted by molar-refractivity contribution is -0.576. The normalized spacial score (nSPS) is 43.5. The second kappa shape index (κ2) is 8.55. The Hall–Kier alpha value is -1.75. The Bertz CT molecular complexity index is 775. The molecule has 4 heterocycles. The maximum atomic E-state index is 12.5. The van der Waals surface area contributed by atoms with Crippen LogP contribution in [0.1, 0.15) is 66.2 Å². The molecule has 4 aliphatic heterocycles. The van der Waals surface area contributed by atoms with E-state index in [1.165, 1.54) is 6.92 Å². The van der Waals surface area contributed by atoms with E-state index in [0.29, 0.717) is 12.3 Å². The van der Waals surface area contributed by atoms with E-state index in [2.05, 4.69) is 12.2 Å². The largest absolute Gasteiger partial charge is 0.480 e. The van der Waals surface area contributed by atoms with Crippen molar-refractivity contribution in [1.29, 1.82) is 0 Å². The van der Waals surface area contributed by atoms with Gasteiger partial charge in [0.2, 0.25) is 18.0 Å². The number of carbonyl (C=O) groups excluding carboxylic acids is 2. The van der Waals surface area contributed by atoms with Crippen LogP contribution in [0.25, 0.3) is 0 Å². The molecular weight excluding hydrogens is 422 g/mol. The van der Waals surface area contributed by atoms with Crippen molar-refractivity contribution in [1.82, 2.24) is 5.32 Å². The van der Waals surface area contributed by atoms with Crippen LogP contribution >= 0.6 is 0 Å². The summed E-state index contributed by atoms with van der Waals surface area (Å²) >= 11 is 0. The van der Waals surface area contributed by atoms with Gasteiger partial charge in [-0.3, -0.25) is 14.4 Å². The zero-order chi connectivity index (χ0) is 23.3. The van der Waals surface area contributed by atoms with Crippen LogP contribution in [0.5, 0.6) is 0 Å². The lowest BCUT2D eigenvalue weighted by atomic mass is 9.58. The summed E-state index contributed by atoms with van der Waals surface area (Å²) in [6, 6.07) is -1.02. The number of nitrogens with one attached hydrogen (secondary N) is 1. The highest BCUT2D eigenvalue weighted by Crippen LogP contribution is 2.60. The van der Waals surface area contributed by atoms with Gasteiger partial charge >= 0.3 is 11.9 Å². The first-order chi connectivity index (χ1) is 15.1. The average molecular weight is 456 g/mol. The molecule has 32 heavy (non-hydrogen) atoms. The van der Waals surface area contributed by atoms with Crippen molar-refractivity contribution in [3.05, 3.63) is 0 Å². The highest BCUT2D eigenvalue weighted by molar-refractivity contribution is 5.85. The van der Waals surface area contributed by atoms with Gasteiger partial charge in [0.15, 0.2) is 11.9 Å². The van der Waals surface area contributed by atoms with Gasteiger partial charge in [-0.2, -0.15) is 0 Å². The third-order valence-corrected chi connectivity index (χ3v) is 7.65. The van der Waals surface area contributed by atoms with Crippen molar-refractivity contribution >= 4 is 17.8 Å². The van der Waals surface area contributed by atoms with Gasteiger partial charge in [-0.25, -0.2) is 9.78 Å². The Kier molecular flexibility index (Phi) is 6.26. The van der Waals surface area contributed by atoms with E-state index < -0.39 is 47.9 Å². The molecule has 5 aliphatic rings. The maximum Gasteiger partial charge on any atom is 0.325 e. The van der Waals surface area contributed by atoms with Crippen molar-refractivity contribution in [2.24, 2.45) is 23.7 Å². The van der Waals surface area contributed by atoms with Crippen LogP contribution in [0.4, 0.5) is 0 Å². The molecule has 2 bridgehead atoms. The van der Waals surface area contributed by atoms with E-state index in [0.717, 1.165) is 19.3 Å². The number of carbonyl (C=O) groups is 3. The number of rotatable bonds is 6.